The number of anilines is 1. The molecule has 0 radical (unpaired) electrons. The third-order valence-electron chi connectivity index (χ3n) is 4.61. The zero-order chi connectivity index (χ0) is 17.9. The van der Waals surface area contributed by atoms with Gasteiger partial charge in [-0.25, -0.2) is 9.67 Å². The molecular weight excluding hydrogens is 346 g/mol. The Morgan fingerprint density at radius 2 is 2.04 bits per heavy atom. The quantitative estimate of drug-likeness (QED) is 0.742. The van der Waals surface area contributed by atoms with Crippen molar-refractivity contribution in [2.75, 3.05) is 18.4 Å². The number of carbonyl (C=O) groups is 1. The first kappa shape index (κ1) is 16.9. The van der Waals surface area contributed by atoms with Gasteiger partial charge in [0.05, 0.1) is 5.69 Å². The van der Waals surface area contributed by atoms with Gasteiger partial charge in [0.25, 0.3) is 5.91 Å². The standard InChI is InChI=1S/C19H21N5OS/c1-13-11-16(23-24(13)15-5-3-2-4-6-15)18(25)22-19-21-12-17(26-19)14-7-9-20-10-8-14/h2-6,11-12,14,20H,7-10H2,1H3,(H,21,22,25). The maximum atomic E-state index is 12.6. The van der Waals surface area contributed by atoms with E-state index in [1.807, 2.05) is 43.5 Å². The van der Waals surface area contributed by atoms with E-state index in [-0.39, 0.29) is 5.91 Å². The predicted octanol–water partition coefficient (Wildman–Crippen LogP) is 3.36. The summed E-state index contributed by atoms with van der Waals surface area (Å²) in [6.07, 6.45) is 4.14. The lowest BCUT2D eigenvalue weighted by Gasteiger charge is -2.20. The number of amides is 1. The molecule has 1 aromatic carbocycles. The van der Waals surface area contributed by atoms with Crippen LogP contribution >= 0.6 is 11.3 Å². The average Bonchev–Trinajstić information content (AvgIpc) is 3.30. The van der Waals surface area contributed by atoms with Crippen molar-refractivity contribution in [2.24, 2.45) is 0 Å². The smallest absolute Gasteiger partial charge is 0.277 e. The molecule has 0 atom stereocenters. The number of carbonyl (C=O) groups excluding carboxylic acids is 1. The summed E-state index contributed by atoms with van der Waals surface area (Å²) in [5.41, 5.74) is 2.24. The molecule has 3 aromatic rings. The molecule has 2 N–H and O–H groups in total. The second kappa shape index (κ2) is 7.39. The molecule has 3 heterocycles. The van der Waals surface area contributed by atoms with Crippen LogP contribution in [0.15, 0.2) is 42.6 Å². The molecular formula is C19H21N5OS. The molecule has 1 amide bonds. The molecule has 0 unspecified atom stereocenters. The largest absolute Gasteiger partial charge is 0.317 e. The van der Waals surface area contributed by atoms with Gasteiger partial charge >= 0.3 is 0 Å². The van der Waals surface area contributed by atoms with Crippen LogP contribution in [0.2, 0.25) is 0 Å². The van der Waals surface area contributed by atoms with Crippen molar-refractivity contribution >= 4 is 22.4 Å². The van der Waals surface area contributed by atoms with Crippen LogP contribution in [0.3, 0.4) is 0 Å². The van der Waals surface area contributed by atoms with Gasteiger partial charge in [-0.2, -0.15) is 5.10 Å². The summed E-state index contributed by atoms with van der Waals surface area (Å²) in [6.45, 7) is 4.02. The molecule has 134 valence electrons. The molecule has 1 fully saturated rings. The first-order valence-electron chi connectivity index (χ1n) is 8.80. The van der Waals surface area contributed by atoms with E-state index in [0.717, 1.165) is 37.3 Å². The van der Waals surface area contributed by atoms with Crippen LogP contribution in [0.1, 0.15) is 39.8 Å². The fraction of sp³-hybridized carbons (Fsp3) is 0.316. The Kier molecular flexibility index (Phi) is 4.81. The number of aryl methyl sites for hydroxylation is 1. The van der Waals surface area contributed by atoms with Crippen molar-refractivity contribution in [3.63, 3.8) is 0 Å². The van der Waals surface area contributed by atoms with Gasteiger partial charge in [-0.15, -0.1) is 11.3 Å². The van der Waals surface area contributed by atoms with Crippen LogP contribution in [0.25, 0.3) is 5.69 Å². The summed E-state index contributed by atoms with van der Waals surface area (Å²) in [5.74, 6) is 0.313. The summed E-state index contributed by atoms with van der Waals surface area (Å²) in [6, 6.07) is 11.6. The number of nitrogens with one attached hydrogen (secondary N) is 2. The van der Waals surface area contributed by atoms with E-state index in [9.17, 15) is 4.79 Å². The second-order valence-electron chi connectivity index (χ2n) is 6.46. The third-order valence-corrected chi connectivity index (χ3v) is 5.68. The molecule has 2 aromatic heterocycles. The number of thiazole rings is 1. The Morgan fingerprint density at radius 1 is 1.27 bits per heavy atom. The highest BCUT2D eigenvalue weighted by Gasteiger charge is 2.19. The van der Waals surface area contributed by atoms with Crippen LogP contribution in [0.5, 0.6) is 0 Å². The number of benzene rings is 1. The third kappa shape index (κ3) is 3.54. The number of piperidine rings is 1. The molecule has 1 aliphatic rings. The molecule has 6 nitrogen and oxygen atoms in total. The lowest BCUT2D eigenvalue weighted by molar-refractivity contribution is 0.102. The lowest BCUT2D eigenvalue weighted by Crippen LogP contribution is -2.26. The Labute approximate surface area is 156 Å². The van der Waals surface area contributed by atoms with Crippen molar-refractivity contribution in [3.05, 3.63) is 58.9 Å². The summed E-state index contributed by atoms with van der Waals surface area (Å²) in [7, 11) is 0. The second-order valence-corrected chi connectivity index (χ2v) is 7.53. The molecule has 4 rings (SSSR count). The predicted molar refractivity (Wildman–Crippen MR) is 103 cm³/mol. The Hall–Kier alpha value is -2.51. The van der Waals surface area contributed by atoms with Crippen molar-refractivity contribution in [1.29, 1.82) is 0 Å². The van der Waals surface area contributed by atoms with Crippen molar-refractivity contribution in [1.82, 2.24) is 20.1 Å². The number of hydrogen-bond acceptors (Lipinski definition) is 5. The molecule has 26 heavy (non-hydrogen) atoms. The van der Waals surface area contributed by atoms with Crippen molar-refractivity contribution in [2.45, 2.75) is 25.7 Å². The fourth-order valence-electron chi connectivity index (χ4n) is 3.22. The van der Waals surface area contributed by atoms with Crippen LogP contribution in [-0.2, 0) is 0 Å². The van der Waals surface area contributed by atoms with Gasteiger partial charge in [-0.1, -0.05) is 18.2 Å². The monoisotopic (exact) mass is 367 g/mol. The van der Waals surface area contributed by atoms with Crippen molar-refractivity contribution in [3.8, 4) is 5.69 Å². The van der Waals surface area contributed by atoms with Gasteiger partial charge in [0.15, 0.2) is 10.8 Å². The highest BCUT2D eigenvalue weighted by atomic mass is 32.1. The van der Waals surface area contributed by atoms with E-state index in [4.69, 9.17) is 0 Å². The Morgan fingerprint density at radius 3 is 2.81 bits per heavy atom. The molecule has 1 saturated heterocycles. The molecule has 0 aliphatic carbocycles. The molecule has 1 aliphatic heterocycles. The summed E-state index contributed by atoms with van der Waals surface area (Å²) < 4.78 is 1.78. The number of nitrogens with zero attached hydrogens (tertiary/aromatic N) is 3. The summed E-state index contributed by atoms with van der Waals surface area (Å²) in [4.78, 5) is 18.2. The summed E-state index contributed by atoms with van der Waals surface area (Å²) in [5, 5.41) is 11.3. The lowest BCUT2D eigenvalue weighted by atomic mass is 9.97. The van der Waals surface area contributed by atoms with Gasteiger partial charge in [-0.3, -0.25) is 10.1 Å². The SMILES string of the molecule is Cc1cc(C(=O)Nc2ncc(C3CCNCC3)s2)nn1-c1ccccc1. The topological polar surface area (TPSA) is 71.8 Å². The zero-order valence-electron chi connectivity index (χ0n) is 14.6. The Balaban J connectivity index is 1.48. The minimum Gasteiger partial charge on any atom is -0.317 e. The number of rotatable bonds is 4. The van der Waals surface area contributed by atoms with Crippen LogP contribution in [0.4, 0.5) is 5.13 Å². The molecule has 0 bridgehead atoms. The zero-order valence-corrected chi connectivity index (χ0v) is 15.4. The van der Waals surface area contributed by atoms with Crippen LogP contribution in [-0.4, -0.2) is 33.8 Å². The van der Waals surface area contributed by atoms with E-state index in [1.165, 1.54) is 4.88 Å². The highest BCUT2D eigenvalue weighted by molar-refractivity contribution is 7.15. The Bertz CT molecular complexity index is 896. The van der Waals surface area contributed by atoms with E-state index in [1.54, 1.807) is 22.1 Å². The van der Waals surface area contributed by atoms with Crippen LogP contribution < -0.4 is 10.6 Å². The van der Waals surface area contributed by atoms with Gasteiger partial charge in [0.1, 0.15) is 0 Å². The first-order chi connectivity index (χ1) is 12.7. The normalized spacial score (nSPS) is 15.1. The van der Waals surface area contributed by atoms with Gasteiger partial charge in [-0.05, 0) is 57.0 Å². The molecule has 0 spiro atoms. The van der Waals surface area contributed by atoms with Gasteiger partial charge < -0.3 is 5.32 Å². The first-order valence-corrected chi connectivity index (χ1v) is 9.62. The molecule has 7 heteroatoms. The number of hydrogen-bond donors (Lipinski definition) is 2. The summed E-state index contributed by atoms with van der Waals surface area (Å²) >= 11 is 1.56. The fourth-order valence-corrected chi connectivity index (χ4v) is 4.20. The van der Waals surface area contributed by atoms with Crippen molar-refractivity contribution < 1.29 is 4.79 Å². The number of aromatic nitrogens is 3. The van der Waals surface area contributed by atoms with E-state index in [2.05, 4.69) is 20.7 Å². The van der Waals surface area contributed by atoms with Gasteiger partial charge in [0.2, 0.25) is 0 Å². The number of para-hydroxylation sites is 1. The van der Waals surface area contributed by atoms with E-state index in [0.29, 0.717) is 16.7 Å². The van der Waals surface area contributed by atoms with Gasteiger partial charge in [0, 0.05) is 16.8 Å². The minimum absolute atomic E-state index is 0.228. The highest BCUT2D eigenvalue weighted by Crippen LogP contribution is 2.31. The van der Waals surface area contributed by atoms with E-state index >= 15 is 0 Å². The molecule has 0 saturated carbocycles. The maximum absolute atomic E-state index is 12.6. The minimum atomic E-state index is -0.228. The average molecular weight is 367 g/mol. The van der Waals surface area contributed by atoms with Crippen LogP contribution in [0, 0.1) is 6.92 Å². The maximum Gasteiger partial charge on any atom is 0.277 e. The van der Waals surface area contributed by atoms with E-state index < -0.39 is 0 Å².